The smallest absolute Gasteiger partial charge is 0.243 e. The van der Waals surface area contributed by atoms with E-state index in [0.29, 0.717) is 43.4 Å². The maximum absolute atomic E-state index is 12.9. The molecule has 0 radical (unpaired) electrons. The summed E-state index contributed by atoms with van der Waals surface area (Å²) >= 11 is 0. The quantitative estimate of drug-likeness (QED) is 0.635. The minimum atomic E-state index is -3.52. The highest BCUT2D eigenvalue weighted by atomic mass is 32.2. The van der Waals surface area contributed by atoms with Crippen molar-refractivity contribution in [2.75, 3.05) is 20.2 Å². The van der Waals surface area contributed by atoms with Crippen LogP contribution in [0.5, 0.6) is 5.75 Å². The van der Waals surface area contributed by atoms with Gasteiger partial charge in [-0.1, -0.05) is 28.9 Å². The van der Waals surface area contributed by atoms with Crippen molar-refractivity contribution < 1.29 is 17.7 Å². The molecule has 0 atom stereocenters. The molecular formula is C21H23N3O4S. The fraction of sp³-hybridized carbons (Fsp3) is 0.333. The number of benzene rings is 2. The number of piperidine rings is 1. The highest BCUT2D eigenvalue weighted by Crippen LogP contribution is 2.31. The third kappa shape index (κ3) is 4.04. The highest BCUT2D eigenvalue weighted by molar-refractivity contribution is 7.89. The molecule has 0 amide bonds. The van der Waals surface area contributed by atoms with Gasteiger partial charge in [-0.15, -0.1) is 0 Å². The van der Waals surface area contributed by atoms with Gasteiger partial charge >= 0.3 is 0 Å². The summed E-state index contributed by atoms with van der Waals surface area (Å²) in [4.78, 5) is 4.82. The molecule has 3 aromatic rings. The number of nitrogens with zero attached hydrogens (tertiary/aromatic N) is 3. The van der Waals surface area contributed by atoms with Gasteiger partial charge in [0, 0.05) is 24.6 Å². The molecule has 7 nitrogen and oxygen atoms in total. The standard InChI is InChI=1S/C21H23N3O4S/c1-15-4-3-5-17(14-15)20-22-21(28-23-20)16-10-12-24(13-11-16)29(25,26)19-8-6-18(27-2)7-9-19/h3-9,14,16H,10-13H2,1-2H3. The molecular weight excluding hydrogens is 390 g/mol. The van der Waals surface area contributed by atoms with E-state index in [1.165, 1.54) is 4.31 Å². The largest absolute Gasteiger partial charge is 0.497 e. The molecule has 0 N–H and O–H groups in total. The van der Waals surface area contributed by atoms with E-state index in [2.05, 4.69) is 10.1 Å². The monoisotopic (exact) mass is 413 g/mol. The second-order valence-electron chi connectivity index (χ2n) is 7.18. The highest BCUT2D eigenvalue weighted by Gasteiger charge is 2.32. The van der Waals surface area contributed by atoms with Crippen molar-refractivity contribution in [3.63, 3.8) is 0 Å². The normalized spacial score (nSPS) is 16.1. The summed E-state index contributed by atoms with van der Waals surface area (Å²) in [7, 11) is -1.97. The lowest BCUT2D eigenvalue weighted by Gasteiger charge is -2.29. The van der Waals surface area contributed by atoms with Crippen LogP contribution in [0.25, 0.3) is 11.4 Å². The van der Waals surface area contributed by atoms with Gasteiger partial charge in [0.05, 0.1) is 12.0 Å². The van der Waals surface area contributed by atoms with Crippen molar-refractivity contribution in [2.45, 2.75) is 30.6 Å². The van der Waals surface area contributed by atoms with Gasteiger partial charge in [-0.3, -0.25) is 0 Å². The van der Waals surface area contributed by atoms with Crippen LogP contribution in [0, 0.1) is 6.92 Å². The van der Waals surface area contributed by atoms with Crippen LogP contribution in [0.1, 0.15) is 30.2 Å². The molecule has 1 aliphatic heterocycles. The van der Waals surface area contributed by atoms with E-state index in [-0.39, 0.29) is 10.8 Å². The number of hydrogen-bond acceptors (Lipinski definition) is 6. The molecule has 8 heteroatoms. The van der Waals surface area contributed by atoms with Crippen molar-refractivity contribution in [2.24, 2.45) is 0 Å². The van der Waals surface area contributed by atoms with E-state index in [4.69, 9.17) is 9.26 Å². The molecule has 1 aliphatic rings. The summed E-state index contributed by atoms with van der Waals surface area (Å²) in [5, 5.41) is 4.10. The Morgan fingerprint density at radius 3 is 2.48 bits per heavy atom. The SMILES string of the molecule is COc1ccc(S(=O)(=O)N2CCC(c3nc(-c4cccc(C)c4)no3)CC2)cc1. The number of hydrogen-bond donors (Lipinski definition) is 0. The Morgan fingerprint density at radius 1 is 1.10 bits per heavy atom. The molecule has 1 aromatic heterocycles. The van der Waals surface area contributed by atoms with Gasteiger partial charge in [-0.2, -0.15) is 9.29 Å². The number of ether oxygens (including phenoxy) is 1. The van der Waals surface area contributed by atoms with E-state index >= 15 is 0 Å². The van der Waals surface area contributed by atoms with Crippen LogP contribution >= 0.6 is 0 Å². The lowest BCUT2D eigenvalue weighted by molar-refractivity contribution is 0.271. The van der Waals surface area contributed by atoms with Crippen LogP contribution in [-0.4, -0.2) is 43.1 Å². The first-order valence-electron chi connectivity index (χ1n) is 9.52. The predicted octanol–water partition coefficient (Wildman–Crippen LogP) is 3.62. The zero-order valence-electron chi connectivity index (χ0n) is 16.4. The van der Waals surface area contributed by atoms with Crippen LogP contribution in [-0.2, 0) is 10.0 Å². The second kappa shape index (κ2) is 7.96. The molecule has 2 aromatic carbocycles. The lowest BCUT2D eigenvalue weighted by Crippen LogP contribution is -2.37. The third-order valence-electron chi connectivity index (χ3n) is 5.22. The van der Waals surface area contributed by atoms with Crippen LogP contribution < -0.4 is 4.74 Å². The number of methoxy groups -OCH3 is 1. The van der Waals surface area contributed by atoms with Gasteiger partial charge in [-0.25, -0.2) is 8.42 Å². The Morgan fingerprint density at radius 2 is 1.83 bits per heavy atom. The molecule has 29 heavy (non-hydrogen) atoms. The molecule has 1 fully saturated rings. The van der Waals surface area contributed by atoms with Crippen LogP contribution in [0.15, 0.2) is 57.9 Å². The van der Waals surface area contributed by atoms with Crippen LogP contribution in [0.2, 0.25) is 0 Å². The van der Waals surface area contributed by atoms with E-state index in [9.17, 15) is 8.42 Å². The Labute approximate surface area is 170 Å². The fourth-order valence-corrected chi connectivity index (χ4v) is 5.01. The first kappa shape index (κ1) is 19.6. The minimum absolute atomic E-state index is 0.0587. The molecule has 0 spiro atoms. The molecule has 2 heterocycles. The minimum Gasteiger partial charge on any atom is -0.497 e. The van der Waals surface area contributed by atoms with Gasteiger partial charge < -0.3 is 9.26 Å². The maximum atomic E-state index is 12.9. The molecule has 4 rings (SSSR count). The van der Waals surface area contributed by atoms with Crippen molar-refractivity contribution in [3.8, 4) is 17.1 Å². The first-order chi connectivity index (χ1) is 14.0. The van der Waals surface area contributed by atoms with Crippen LogP contribution in [0.3, 0.4) is 0 Å². The molecule has 152 valence electrons. The van der Waals surface area contributed by atoms with Crippen molar-refractivity contribution in [3.05, 3.63) is 60.0 Å². The van der Waals surface area contributed by atoms with Crippen LogP contribution in [0.4, 0.5) is 0 Å². The van der Waals surface area contributed by atoms with Gasteiger partial charge in [0.15, 0.2) is 0 Å². The van der Waals surface area contributed by atoms with Gasteiger partial charge in [-0.05, 0) is 50.1 Å². The topological polar surface area (TPSA) is 85.5 Å². The summed E-state index contributed by atoms with van der Waals surface area (Å²) in [6, 6.07) is 14.4. The molecule has 0 saturated carbocycles. The summed E-state index contributed by atoms with van der Waals surface area (Å²) in [5.74, 6) is 1.83. The summed E-state index contributed by atoms with van der Waals surface area (Å²) in [5.41, 5.74) is 2.05. The Kier molecular flexibility index (Phi) is 5.38. The number of sulfonamides is 1. The lowest BCUT2D eigenvalue weighted by atomic mass is 9.98. The number of aryl methyl sites for hydroxylation is 1. The van der Waals surface area contributed by atoms with E-state index in [1.807, 2.05) is 31.2 Å². The second-order valence-corrected chi connectivity index (χ2v) is 9.12. The number of rotatable bonds is 5. The Balaban J connectivity index is 1.44. The molecule has 1 saturated heterocycles. The third-order valence-corrected chi connectivity index (χ3v) is 7.13. The van der Waals surface area contributed by atoms with Gasteiger partial charge in [0.2, 0.25) is 21.7 Å². The van der Waals surface area contributed by atoms with Crippen molar-refractivity contribution in [1.82, 2.24) is 14.4 Å². The average molecular weight is 413 g/mol. The Hall–Kier alpha value is -2.71. The van der Waals surface area contributed by atoms with Crippen molar-refractivity contribution in [1.29, 1.82) is 0 Å². The van der Waals surface area contributed by atoms with E-state index < -0.39 is 10.0 Å². The zero-order chi connectivity index (χ0) is 20.4. The molecule has 0 unspecified atom stereocenters. The average Bonchev–Trinajstić information content (AvgIpc) is 3.24. The van der Waals surface area contributed by atoms with Gasteiger partial charge in [0.25, 0.3) is 0 Å². The van der Waals surface area contributed by atoms with Gasteiger partial charge in [0.1, 0.15) is 5.75 Å². The zero-order valence-corrected chi connectivity index (χ0v) is 17.2. The molecule has 0 aliphatic carbocycles. The Bertz CT molecular complexity index is 1090. The molecule has 0 bridgehead atoms. The summed E-state index contributed by atoms with van der Waals surface area (Å²) in [6.45, 7) is 2.85. The van der Waals surface area contributed by atoms with Crippen molar-refractivity contribution >= 4 is 10.0 Å². The number of aromatic nitrogens is 2. The fourth-order valence-electron chi connectivity index (χ4n) is 3.54. The summed E-state index contributed by atoms with van der Waals surface area (Å²) < 4.78 is 37.9. The summed E-state index contributed by atoms with van der Waals surface area (Å²) in [6.07, 6.45) is 1.29. The first-order valence-corrected chi connectivity index (χ1v) is 11.0. The maximum Gasteiger partial charge on any atom is 0.243 e. The predicted molar refractivity (Wildman–Crippen MR) is 108 cm³/mol. The van der Waals surface area contributed by atoms with E-state index in [0.717, 1.165) is 11.1 Å². The van der Waals surface area contributed by atoms with E-state index in [1.54, 1.807) is 31.4 Å².